The summed E-state index contributed by atoms with van der Waals surface area (Å²) in [7, 11) is 0. The van der Waals surface area contributed by atoms with Crippen molar-refractivity contribution >= 4 is 11.8 Å². The maximum absolute atomic E-state index is 12.1. The van der Waals surface area contributed by atoms with Gasteiger partial charge < -0.3 is 21.1 Å². The molecule has 6 heteroatoms. The van der Waals surface area contributed by atoms with Crippen molar-refractivity contribution in [2.45, 2.75) is 31.9 Å². The molecule has 2 heterocycles. The lowest BCUT2D eigenvalue weighted by Gasteiger charge is -2.23. The number of aliphatic hydroxyl groups excluding tert-OH is 1. The number of likely N-dealkylation sites (tertiary alicyclic amines) is 1. The molecule has 17 heavy (non-hydrogen) atoms. The fraction of sp³-hybridized carbons (Fsp3) is 0.818. The van der Waals surface area contributed by atoms with Gasteiger partial charge >= 0.3 is 0 Å². The summed E-state index contributed by atoms with van der Waals surface area (Å²) in [4.78, 5) is 25.1. The first-order chi connectivity index (χ1) is 7.92. The van der Waals surface area contributed by atoms with E-state index in [-0.39, 0.29) is 17.9 Å². The van der Waals surface area contributed by atoms with E-state index in [4.69, 9.17) is 5.73 Å². The van der Waals surface area contributed by atoms with Gasteiger partial charge in [0, 0.05) is 19.6 Å². The number of carbonyl (C=O) groups excluding carboxylic acids is 2. The van der Waals surface area contributed by atoms with E-state index >= 15 is 0 Å². The zero-order valence-electron chi connectivity index (χ0n) is 9.98. The maximum atomic E-state index is 12.1. The molecule has 0 bridgehead atoms. The Hall–Kier alpha value is -1.14. The lowest BCUT2D eigenvalue weighted by molar-refractivity contribution is -0.133. The second-order valence-corrected chi connectivity index (χ2v) is 5.29. The zero-order valence-corrected chi connectivity index (χ0v) is 9.98. The molecule has 2 aliphatic heterocycles. The average molecular weight is 241 g/mol. The van der Waals surface area contributed by atoms with E-state index in [1.54, 1.807) is 11.8 Å². The minimum atomic E-state index is -0.604. The molecule has 0 spiro atoms. The summed E-state index contributed by atoms with van der Waals surface area (Å²) in [6.45, 7) is 3.19. The third kappa shape index (κ3) is 2.28. The molecule has 96 valence electrons. The minimum absolute atomic E-state index is 0.0356. The van der Waals surface area contributed by atoms with E-state index in [2.05, 4.69) is 5.32 Å². The first kappa shape index (κ1) is 12.3. The highest BCUT2D eigenvalue weighted by atomic mass is 16.3. The van der Waals surface area contributed by atoms with Crippen LogP contribution in [0.1, 0.15) is 19.8 Å². The summed E-state index contributed by atoms with van der Waals surface area (Å²) in [6.07, 6.45) is 0.612. The standard InChI is InChI=1S/C11H19N3O3/c1-11(10(12)17)2-3-14(6-11)9(16)8-4-7(15)5-13-8/h7-8,13,15H,2-6H2,1H3,(H2,12,17). The van der Waals surface area contributed by atoms with Crippen LogP contribution in [-0.4, -0.2) is 53.6 Å². The summed E-state index contributed by atoms with van der Waals surface area (Å²) in [5.74, 6) is -0.390. The van der Waals surface area contributed by atoms with Crippen molar-refractivity contribution in [3.63, 3.8) is 0 Å². The molecule has 0 aromatic rings. The van der Waals surface area contributed by atoms with E-state index in [0.717, 1.165) is 0 Å². The number of rotatable bonds is 2. The number of nitrogens with zero attached hydrogens (tertiary/aromatic N) is 1. The highest BCUT2D eigenvalue weighted by Gasteiger charge is 2.42. The average Bonchev–Trinajstić information content (AvgIpc) is 2.85. The van der Waals surface area contributed by atoms with E-state index in [9.17, 15) is 14.7 Å². The Morgan fingerprint density at radius 1 is 1.53 bits per heavy atom. The van der Waals surface area contributed by atoms with Gasteiger partial charge in [-0.1, -0.05) is 0 Å². The molecule has 3 atom stereocenters. The van der Waals surface area contributed by atoms with Crippen LogP contribution in [0.3, 0.4) is 0 Å². The van der Waals surface area contributed by atoms with Gasteiger partial charge in [-0.25, -0.2) is 0 Å². The fourth-order valence-electron chi connectivity index (χ4n) is 2.48. The SMILES string of the molecule is CC1(C(N)=O)CCN(C(=O)C2CC(O)CN2)C1. The number of primary amides is 1. The monoisotopic (exact) mass is 241 g/mol. The molecular weight excluding hydrogens is 222 g/mol. The van der Waals surface area contributed by atoms with E-state index in [1.807, 2.05) is 0 Å². The molecular formula is C11H19N3O3. The maximum Gasteiger partial charge on any atom is 0.239 e. The van der Waals surface area contributed by atoms with Gasteiger partial charge in [0.25, 0.3) is 0 Å². The summed E-state index contributed by atoms with van der Waals surface area (Å²) in [5.41, 5.74) is 4.73. The van der Waals surface area contributed by atoms with Gasteiger partial charge in [0.2, 0.25) is 11.8 Å². The quantitative estimate of drug-likeness (QED) is 0.544. The van der Waals surface area contributed by atoms with Gasteiger partial charge in [0.15, 0.2) is 0 Å². The Morgan fingerprint density at radius 2 is 2.24 bits per heavy atom. The topological polar surface area (TPSA) is 95.7 Å². The number of hydrogen-bond donors (Lipinski definition) is 3. The van der Waals surface area contributed by atoms with Gasteiger partial charge in [-0.3, -0.25) is 9.59 Å². The van der Waals surface area contributed by atoms with Crippen LogP contribution in [-0.2, 0) is 9.59 Å². The second-order valence-electron chi connectivity index (χ2n) is 5.29. The van der Waals surface area contributed by atoms with Gasteiger partial charge in [0.1, 0.15) is 0 Å². The van der Waals surface area contributed by atoms with Crippen molar-refractivity contribution in [3.05, 3.63) is 0 Å². The van der Waals surface area contributed by atoms with Crippen LogP contribution in [0.5, 0.6) is 0 Å². The molecule has 2 rings (SSSR count). The van der Waals surface area contributed by atoms with E-state index in [0.29, 0.717) is 32.5 Å². The molecule has 2 amide bonds. The summed E-state index contributed by atoms with van der Waals surface area (Å²) < 4.78 is 0. The highest BCUT2D eigenvalue weighted by molar-refractivity contribution is 5.86. The Balaban J connectivity index is 1.97. The number of β-amino-alcohol motifs (C(OH)–C–C–N with tert-alkyl or cyclic N) is 1. The molecule has 3 unspecified atom stereocenters. The molecule has 0 aromatic heterocycles. The minimum Gasteiger partial charge on any atom is -0.392 e. The van der Waals surface area contributed by atoms with Gasteiger partial charge in [-0.15, -0.1) is 0 Å². The second kappa shape index (κ2) is 4.27. The predicted molar refractivity (Wildman–Crippen MR) is 60.9 cm³/mol. The lowest BCUT2D eigenvalue weighted by Crippen LogP contribution is -2.44. The van der Waals surface area contributed by atoms with Crippen LogP contribution < -0.4 is 11.1 Å². The van der Waals surface area contributed by atoms with Crippen molar-refractivity contribution in [3.8, 4) is 0 Å². The van der Waals surface area contributed by atoms with Crippen molar-refractivity contribution in [2.75, 3.05) is 19.6 Å². The number of hydrogen-bond acceptors (Lipinski definition) is 4. The Bertz CT molecular complexity index is 347. The highest BCUT2D eigenvalue weighted by Crippen LogP contribution is 2.30. The summed E-state index contributed by atoms with van der Waals surface area (Å²) in [6, 6.07) is -0.319. The lowest BCUT2D eigenvalue weighted by atomic mass is 9.89. The van der Waals surface area contributed by atoms with Crippen LogP contribution >= 0.6 is 0 Å². The van der Waals surface area contributed by atoms with Crippen LogP contribution in [0.2, 0.25) is 0 Å². The Kier molecular flexibility index (Phi) is 3.09. The Morgan fingerprint density at radius 3 is 2.71 bits per heavy atom. The zero-order chi connectivity index (χ0) is 12.6. The fourth-order valence-corrected chi connectivity index (χ4v) is 2.48. The van der Waals surface area contributed by atoms with Crippen molar-refractivity contribution in [2.24, 2.45) is 11.1 Å². The summed E-state index contributed by atoms with van der Waals surface area (Å²) in [5, 5.41) is 12.4. The third-order valence-electron chi connectivity index (χ3n) is 3.79. The first-order valence-corrected chi connectivity index (χ1v) is 5.92. The normalized spacial score (nSPS) is 37.4. The molecule has 4 N–H and O–H groups in total. The van der Waals surface area contributed by atoms with Crippen LogP contribution in [0, 0.1) is 5.41 Å². The number of amides is 2. The number of nitrogens with two attached hydrogens (primary N) is 1. The molecule has 0 saturated carbocycles. The van der Waals surface area contributed by atoms with Crippen molar-refractivity contribution in [1.29, 1.82) is 0 Å². The third-order valence-corrected chi connectivity index (χ3v) is 3.79. The molecule has 6 nitrogen and oxygen atoms in total. The smallest absolute Gasteiger partial charge is 0.239 e. The van der Waals surface area contributed by atoms with Crippen molar-refractivity contribution in [1.82, 2.24) is 10.2 Å². The van der Waals surface area contributed by atoms with E-state index < -0.39 is 11.5 Å². The molecule has 2 aliphatic rings. The number of aliphatic hydroxyl groups is 1. The van der Waals surface area contributed by atoms with Crippen LogP contribution in [0.4, 0.5) is 0 Å². The number of nitrogens with one attached hydrogen (secondary N) is 1. The molecule has 0 radical (unpaired) electrons. The molecule has 2 saturated heterocycles. The first-order valence-electron chi connectivity index (χ1n) is 5.92. The molecule has 0 aromatic carbocycles. The van der Waals surface area contributed by atoms with Crippen molar-refractivity contribution < 1.29 is 14.7 Å². The molecule has 2 fully saturated rings. The predicted octanol–water partition coefficient (Wildman–Crippen LogP) is -1.57. The van der Waals surface area contributed by atoms with E-state index in [1.165, 1.54) is 0 Å². The van der Waals surface area contributed by atoms with Gasteiger partial charge in [-0.2, -0.15) is 0 Å². The molecule has 0 aliphatic carbocycles. The number of carbonyl (C=O) groups is 2. The van der Waals surface area contributed by atoms with Crippen LogP contribution in [0.25, 0.3) is 0 Å². The van der Waals surface area contributed by atoms with Gasteiger partial charge in [-0.05, 0) is 19.8 Å². The van der Waals surface area contributed by atoms with Crippen LogP contribution in [0.15, 0.2) is 0 Å². The summed E-state index contributed by atoms with van der Waals surface area (Å²) >= 11 is 0. The largest absolute Gasteiger partial charge is 0.392 e. The Labute approximate surface area is 100 Å². The van der Waals surface area contributed by atoms with Gasteiger partial charge in [0.05, 0.1) is 17.6 Å².